The van der Waals surface area contributed by atoms with Crippen LogP contribution in [0.3, 0.4) is 0 Å². The second-order valence-electron chi connectivity index (χ2n) is 5.69. The Bertz CT molecular complexity index is 1030. The summed E-state index contributed by atoms with van der Waals surface area (Å²) in [6.45, 7) is 1.81. The minimum atomic E-state index is -0.431. The number of nitrogens with two attached hydrogens (primary N) is 1. The Morgan fingerprint density at radius 2 is 1.88 bits per heavy atom. The van der Waals surface area contributed by atoms with Crippen LogP contribution in [-0.2, 0) is 0 Å². The number of pyridine rings is 1. The quantitative estimate of drug-likeness (QED) is 0.651. The van der Waals surface area contributed by atoms with Gasteiger partial charge in [-0.05, 0) is 55.0 Å². The van der Waals surface area contributed by atoms with Crippen LogP contribution in [0.5, 0.6) is 5.75 Å². The topological polar surface area (TPSA) is 71.9 Å². The van der Waals surface area contributed by atoms with E-state index in [0.717, 1.165) is 5.56 Å². The second-order valence-corrected chi connectivity index (χ2v) is 6.60. The number of methoxy groups -OCH3 is 1. The number of rotatable bonds is 3. The predicted octanol–water partition coefficient (Wildman–Crippen LogP) is 5.09. The van der Waals surface area contributed by atoms with Crippen LogP contribution < -0.4 is 10.5 Å². The highest BCUT2D eigenvalue weighted by atomic mass is 79.9. The van der Waals surface area contributed by atoms with E-state index < -0.39 is 5.82 Å². The van der Waals surface area contributed by atoms with Gasteiger partial charge in [-0.25, -0.2) is 9.37 Å². The standard InChI is InChI=1S/C20H15BrFN3O/c1-11-18(15-9-13(21)5-8-17(15)22)16(10-23)20(24)25-19(11)12-3-6-14(26-2)7-4-12/h3-9H,1-2H3,(H2,24,25). The number of halogens is 2. The molecule has 0 amide bonds. The first-order valence-corrected chi connectivity index (χ1v) is 8.55. The molecule has 0 aliphatic carbocycles. The average Bonchev–Trinajstić information content (AvgIpc) is 2.65. The maximum absolute atomic E-state index is 14.5. The third kappa shape index (κ3) is 3.14. The van der Waals surface area contributed by atoms with Crippen molar-refractivity contribution in [3.05, 3.63) is 63.9 Å². The van der Waals surface area contributed by atoms with Gasteiger partial charge in [0.25, 0.3) is 0 Å². The van der Waals surface area contributed by atoms with Gasteiger partial charge in [0.15, 0.2) is 0 Å². The van der Waals surface area contributed by atoms with Crippen molar-refractivity contribution in [2.45, 2.75) is 6.92 Å². The normalized spacial score (nSPS) is 10.4. The summed E-state index contributed by atoms with van der Waals surface area (Å²) in [4.78, 5) is 4.39. The molecule has 0 radical (unpaired) electrons. The largest absolute Gasteiger partial charge is 0.497 e. The molecule has 0 saturated carbocycles. The first kappa shape index (κ1) is 17.9. The Labute approximate surface area is 159 Å². The molecule has 0 atom stereocenters. The molecule has 4 nitrogen and oxygen atoms in total. The minimum absolute atomic E-state index is 0.0679. The van der Waals surface area contributed by atoms with Crippen LogP contribution in [-0.4, -0.2) is 12.1 Å². The molecule has 0 bridgehead atoms. The van der Waals surface area contributed by atoms with Gasteiger partial charge in [0, 0.05) is 21.2 Å². The zero-order valence-electron chi connectivity index (χ0n) is 14.2. The summed E-state index contributed by atoms with van der Waals surface area (Å²) in [6, 6.07) is 14.0. The first-order valence-electron chi connectivity index (χ1n) is 7.76. The lowest BCUT2D eigenvalue weighted by Crippen LogP contribution is -2.04. The molecule has 0 spiro atoms. The van der Waals surface area contributed by atoms with Gasteiger partial charge in [0.05, 0.1) is 12.8 Å². The molecule has 3 rings (SSSR count). The number of hydrogen-bond acceptors (Lipinski definition) is 4. The van der Waals surface area contributed by atoms with Crippen molar-refractivity contribution >= 4 is 21.7 Å². The highest BCUT2D eigenvalue weighted by molar-refractivity contribution is 9.10. The Hall–Kier alpha value is -2.91. The van der Waals surface area contributed by atoms with Crippen LogP contribution in [0.15, 0.2) is 46.9 Å². The number of ether oxygens (including phenoxy) is 1. The number of benzene rings is 2. The van der Waals surface area contributed by atoms with E-state index in [4.69, 9.17) is 10.5 Å². The van der Waals surface area contributed by atoms with Crippen LogP contribution in [0.1, 0.15) is 11.1 Å². The molecule has 3 aromatic rings. The summed E-state index contributed by atoms with van der Waals surface area (Å²) in [5.74, 6) is 0.351. The van der Waals surface area contributed by atoms with Crippen LogP contribution in [0.2, 0.25) is 0 Å². The Morgan fingerprint density at radius 3 is 2.50 bits per heavy atom. The van der Waals surface area contributed by atoms with E-state index in [9.17, 15) is 9.65 Å². The zero-order chi connectivity index (χ0) is 18.8. The van der Waals surface area contributed by atoms with Crippen LogP contribution in [0.4, 0.5) is 10.2 Å². The summed E-state index contributed by atoms with van der Waals surface area (Å²) in [6.07, 6.45) is 0. The van der Waals surface area contributed by atoms with Gasteiger partial charge in [-0.2, -0.15) is 5.26 Å². The van der Waals surface area contributed by atoms with Gasteiger partial charge in [-0.3, -0.25) is 0 Å². The molecule has 130 valence electrons. The highest BCUT2D eigenvalue weighted by Gasteiger charge is 2.20. The van der Waals surface area contributed by atoms with Gasteiger partial charge in [-0.1, -0.05) is 15.9 Å². The fourth-order valence-electron chi connectivity index (χ4n) is 2.86. The van der Waals surface area contributed by atoms with Crippen molar-refractivity contribution in [3.63, 3.8) is 0 Å². The van der Waals surface area contributed by atoms with E-state index in [1.807, 2.05) is 31.2 Å². The molecule has 6 heteroatoms. The van der Waals surface area contributed by atoms with Gasteiger partial charge < -0.3 is 10.5 Å². The summed E-state index contributed by atoms with van der Waals surface area (Å²) in [5.41, 5.74) is 9.02. The molecule has 0 unspecified atom stereocenters. The number of nitrogen functional groups attached to an aromatic ring is 1. The summed E-state index contributed by atoms with van der Waals surface area (Å²) in [7, 11) is 1.59. The lowest BCUT2D eigenvalue weighted by molar-refractivity contribution is 0.415. The van der Waals surface area contributed by atoms with Gasteiger partial charge in [-0.15, -0.1) is 0 Å². The molecule has 1 heterocycles. The van der Waals surface area contributed by atoms with Crippen molar-refractivity contribution in [2.75, 3.05) is 12.8 Å². The highest BCUT2D eigenvalue weighted by Crippen LogP contribution is 2.38. The maximum atomic E-state index is 14.5. The maximum Gasteiger partial charge on any atom is 0.142 e. The van der Waals surface area contributed by atoms with E-state index >= 15 is 0 Å². The molecule has 0 saturated heterocycles. The average molecular weight is 412 g/mol. The third-order valence-electron chi connectivity index (χ3n) is 4.14. The lowest BCUT2D eigenvalue weighted by atomic mass is 9.92. The molecule has 0 fully saturated rings. The van der Waals surface area contributed by atoms with Crippen molar-refractivity contribution in [1.29, 1.82) is 5.26 Å². The van der Waals surface area contributed by atoms with Gasteiger partial charge >= 0.3 is 0 Å². The zero-order valence-corrected chi connectivity index (χ0v) is 15.8. The number of anilines is 1. The van der Waals surface area contributed by atoms with Crippen molar-refractivity contribution in [1.82, 2.24) is 4.98 Å². The van der Waals surface area contributed by atoms with E-state index in [1.165, 1.54) is 6.07 Å². The fourth-order valence-corrected chi connectivity index (χ4v) is 3.22. The molecule has 1 aromatic heterocycles. The number of nitriles is 1. The Kier molecular flexibility index (Phi) is 4.92. The number of nitrogens with zero attached hydrogens (tertiary/aromatic N) is 2. The van der Waals surface area contributed by atoms with Gasteiger partial charge in [0.2, 0.25) is 0 Å². The minimum Gasteiger partial charge on any atom is -0.497 e. The summed E-state index contributed by atoms with van der Waals surface area (Å²) < 4.78 is 20.4. The van der Waals surface area contributed by atoms with Crippen molar-refractivity contribution < 1.29 is 9.13 Å². The molecule has 2 aromatic carbocycles. The van der Waals surface area contributed by atoms with Crippen molar-refractivity contribution in [3.8, 4) is 34.2 Å². The fraction of sp³-hybridized carbons (Fsp3) is 0.100. The monoisotopic (exact) mass is 411 g/mol. The van der Waals surface area contributed by atoms with E-state index in [2.05, 4.69) is 27.0 Å². The molecule has 2 N–H and O–H groups in total. The van der Waals surface area contributed by atoms with Gasteiger partial charge in [0.1, 0.15) is 29.0 Å². The third-order valence-corrected chi connectivity index (χ3v) is 4.63. The summed E-state index contributed by atoms with van der Waals surface area (Å²) >= 11 is 3.35. The SMILES string of the molecule is COc1ccc(-c2nc(N)c(C#N)c(-c3cc(Br)ccc3F)c2C)cc1. The van der Waals surface area contributed by atoms with Crippen LogP contribution in [0.25, 0.3) is 22.4 Å². The second kappa shape index (κ2) is 7.14. The number of aromatic nitrogens is 1. The van der Waals surface area contributed by atoms with Crippen LogP contribution in [0, 0.1) is 24.1 Å². The Morgan fingerprint density at radius 1 is 1.19 bits per heavy atom. The van der Waals surface area contributed by atoms with E-state index in [0.29, 0.717) is 32.6 Å². The first-order chi connectivity index (χ1) is 12.5. The van der Waals surface area contributed by atoms with E-state index in [-0.39, 0.29) is 11.4 Å². The molecule has 26 heavy (non-hydrogen) atoms. The Balaban J connectivity index is 2.31. The molecule has 0 aliphatic heterocycles. The van der Waals surface area contributed by atoms with Crippen molar-refractivity contribution in [2.24, 2.45) is 0 Å². The summed E-state index contributed by atoms with van der Waals surface area (Å²) in [5, 5.41) is 9.55. The predicted molar refractivity (Wildman–Crippen MR) is 103 cm³/mol. The smallest absolute Gasteiger partial charge is 0.142 e. The lowest BCUT2D eigenvalue weighted by Gasteiger charge is -2.16. The van der Waals surface area contributed by atoms with E-state index in [1.54, 1.807) is 19.2 Å². The molecular formula is C20H15BrFN3O. The van der Waals surface area contributed by atoms with Crippen LogP contribution >= 0.6 is 15.9 Å². The number of hydrogen-bond donors (Lipinski definition) is 1. The molecule has 0 aliphatic rings. The molecular weight excluding hydrogens is 397 g/mol.